The van der Waals surface area contributed by atoms with E-state index in [0.717, 1.165) is 16.5 Å². The number of tetrazole rings is 1. The summed E-state index contributed by atoms with van der Waals surface area (Å²) in [5.41, 5.74) is 3.45. The van der Waals surface area contributed by atoms with Crippen LogP contribution in [-0.4, -0.2) is 37.0 Å². The van der Waals surface area contributed by atoms with Crippen LogP contribution in [0.5, 0.6) is 0 Å². The lowest BCUT2D eigenvalue weighted by atomic mass is 10.0. The van der Waals surface area contributed by atoms with E-state index in [-0.39, 0.29) is 24.7 Å². The van der Waals surface area contributed by atoms with Crippen molar-refractivity contribution in [2.45, 2.75) is 33.0 Å². The first kappa shape index (κ1) is 28.4. The zero-order valence-electron chi connectivity index (χ0n) is 24.0. The van der Waals surface area contributed by atoms with E-state index in [1.54, 1.807) is 37.4 Å². The molecule has 1 atom stereocenters. The highest BCUT2D eigenvalue weighted by molar-refractivity contribution is 6.02. The average Bonchev–Trinajstić information content (AvgIpc) is 3.68. The number of aryl methyl sites for hydroxylation is 2. The van der Waals surface area contributed by atoms with Crippen LogP contribution in [0.1, 0.15) is 28.5 Å². The number of aromatic nitrogens is 5. The second kappa shape index (κ2) is 12.3. The van der Waals surface area contributed by atoms with Gasteiger partial charge in [-0.15, -0.1) is 10.2 Å². The molecule has 0 radical (unpaired) electrons. The Morgan fingerprint density at radius 3 is 2.50 bits per heavy atom. The number of hydrogen-bond acceptors (Lipinski definition) is 7. The second-order valence-corrected chi connectivity index (χ2v) is 10.4. The molecule has 0 saturated heterocycles. The Morgan fingerprint density at radius 2 is 1.75 bits per heavy atom. The number of pyridine rings is 1. The van der Waals surface area contributed by atoms with E-state index in [1.807, 2.05) is 61.5 Å². The van der Waals surface area contributed by atoms with E-state index >= 15 is 0 Å². The minimum atomic E-state index is -1.08. The molecule has 11 heteroatoms. The van der Waals surface area contributed by atoms with E-state index in [1.165, 1.54) is 21.8 Å². The number of furan rings is 1. The number of fused-ring (bicyclic) bond motifs is 1. The summed E-state index contributed by atoms with van der Waals surface area (Å²) in [5.74, 6) is 0.0776. The van der Waals surface area contributed by atoms with Crippen LogP contribution in [-0.2, 0) is 22.7 Å². The van der Waals surface area contributed by atoms with Crippen LogP contribution in [0.15, 0.2) is 102 Å². The van der Waals surface area contributed by atoms with Gasteiger partial charge < -0.3 is 9.73 Å². The first-order valence-corrected chi connectivity index (χ1v) is 13.9. The van der Waals surface area contributed by atoms with Gasteiger partial charge in [0.1, 0.15) is 24.2 Å². The maximum absolute atomic E-state index is 14.2. The summed E-state index contributed by atoms with van der Waals surface area (Å²) in [6.45, 7) is 3.57. The summed E-state index contributed by atoms with van der Waals surface area (Å²) in [4.78, 5) is 35.4. The lowest BCUT2D eigenvalue weighted by Crippen LogP contribution is -2.45. The van der Waals surface area contributed by atoms with Crippen molar-refractivity contribution >= 4 is 28.4 Å². The Kier molecular flexibility index (Phi) is 7.92. The number of carbonyl (C=O) groups excluding carboxylic acids is 2. The van der Waals surface area contributed by atoms with Gasteiger partial charge in [-0.1, -0.05) is 60.2 Å². The SMILES string of the molecule is Cc1ccc(C(C(=O)NCc2ccc(F)cc2)N(C(=O)Cn2nnc(-c3ccc(C)o3)n2)c2cnc3ccccc3c2)cc1. The van der Waals surface area contributed by atoms with E-state index in [2.05, 4.69) is 25.7 Å². The Bertz CT molecular complexity index is 1930. The average molecular weight is 590 g/mol. The Labute approximate surface area is 252 Å². The predicted octanol–water partition coefficient (Wildman–Crippen LogP) is 5.33. The Hall–Kier alpha value is -5.71. The fourth-order valence-electron chi connectivity index (χ4n) is 4.84. The third-order valence-electron chi connectivity index (χ3n) is 7.09. The number of nitrogens with one attached hydrogen (secondary N) is 1. The monoisotopic (exact) mass is 589 g/mol. The zero-order chi connectivity index (χ0) is 30.6. The smallest absolute Gasteiger partial charge is 0.251 e. The Morgan fingerprint density at radius 1 is 0.977 bits per heavy atom. The maximum atomic E-state index is 14.2. The van der Waals surface area contributed by atoms with Gasteiger partial charge in [0.15, 0.2) is 5.76 Å². The van der Waals surface area contributed by atoms with Crippen molar-refractivity contribution in [3.8, 4) is 11.6 Å². The molecule has 10 nitrogen and oxygen atoms in total. The number of para-hydroxylation sites is 1. The number of rotatable bonds is 9. The summed E-state index contributed by atoms with van der Waals surface area (Å²) < 4.78 is 19.1. The Balaban J connectivity index is 1.39. The van der Waals surface area contributed by atoms with Crippen LogP contribution in [0, 0.1) is 19.7 Å². The molecular weight excluding hydrogens is 561 g/mol. The topological polar surface area (TPSA) is 119 Å². The highest BCUT2D eigenvalue weighted by Gasteiger charge is 2.34. The molecule has 1 unspecified atom stereocenters. The molecule has 6 rings (SSSR count). The van der Waals surface area contributed by atoms with Gasteiger partial charge in [0.2, 0.25) is 11.7 Å². The molecule has 1 N–H and O–H groups in total. The summed E-state index contributed by atoms with van der Waals surface area (Å²) in [7, 11) is 0. The quantitative estimate of drug-likeness (QED) is 0.242. The lowest BCUT2D eigenvalue weighted by Gasteiger charge is -2.31. The van der Waals surface area contributed by atoms with Crippen molar-refractivity contribution in [2.24, 2.45) is 0 Å². The van der Waals surface area contributed by atoms with Gasteiger partial charge in [0.05, 0.1) is 17.4 Å². The van der Waals surface area contributed by atoms with E-state index < -0.39 is 17.9 Å². The molecule has 6 aromatic rings. The third-order valence-corrected chi connectivity index (χ3v) is 7.09. The number of hydrogen-bond donors (Lipinski definition) is 1. The molecule has 2 amide bonds. The van der Waals surface area contributed by atoms with Gasteiger partial charge in [-0.25, -0.2) is 4.39 Å². The molecule has 0 aliphatic heterocycles. The highest BCUT2D eigenvalue weighted by Crippen LogP contribution is 2.30. The highest BCUT2D eigenvalue weighted by atomic mass is 19.1. The van der Waals surface area contributed by atoms with Gasteiger partial charge in [-0.2, -0.15) is 4.80 Å². The van der Waals surface area contributed by atoms with Gasteiger partial charge in [-0.05, 0) is 66.6 Å². The molecule has 44 heavy (non-hydrogen) atoms. The van der Waals surface area contributed by atoms with Crippen molar-refractivity contribution in [2.75, 3.05) is 4.90 Å². The molecule has 220 valence electrons. The van der Waals surface area contributed by atoms with Crippen molar-refractivity contribution in [1.29, 1.82) is 0 Å². The van der Waals surface area contributed by atoms with Crippen LogP contribution >= 0.6 is 0 Å². The fourth-order valence-corrected chi connectivity index (χ4v) is 4.84. The zero-order valence-corrected chi connectivity index (χ0v) is 24.0. The molecule has 0 aliphatic carbocycles. The van der Waals surface area contributed by atoms with Crippen molar-refractivity contribution < 1.29 is 18.4 Å². The van der Waals surface area contributed by atoms with Crippen LogP contribution in [0.25, 0.3) is 22.5 Å². The van der Waals surface area contributed by atoms with Crippen LogP contribution < -0.4 is 10.2 Å². The molecule has 0 bridgehead atoms. The van der Waals surface area contributed by atoms with Crippen molar-refractivity contribution in [1.82, 2.24) is 30.5 Å². The first-order chi connectivity index (χ1) is 21.3. The molecule has 0 spiro atoms. The molecule has 3 aromatic heterocycles. The summed E-state index contributed by atoms with van der Waals surface area (Å²) in [6, 6.07) is 25.0. The summed E-state index contributed by atoms with van der Waals surface area (Å²) in [5, 5.41) is 16.2. The van der Waals surface area contributed by atoms with Crippen molar-refractivity contribution in [3.05, 3.63) is 125 Å². The van der Waals surface area contributed by atoms with Gasteiger partial charge >= 0.3 is 0 Å². The normalized spacial score (nSPS) is 11.8. The number of benzene rings is 3. The molecule has 3 aromatic carbocycles. The molecular formula is C33H28FN7O3. The van der Waals surface area contributed by atoms with Crippen LogP contribution in [0.3, 0.4) is 0 Å². The summed E-state index contributed by atoms with van der Waals surface area (Å²) in [6.07, 6.45) is 1.57. The van der Waals surface area contributed by atoms with Gasteiger partial charge in [-0.3, -0.25) is 19.5 Å². The standard InChI is InChI=1S/C33H28FN7O3/c1-21-7-12-24(13-8-21)31(33(43)36-18-23-10-14-26(34)15-11-23)41(27-17-25-5-3-4-6-28(25)35-19-27)30(42)20-40-38-32(37-39-40)29-16-9-22(2)44-29/h3-17,19,31H,18,20H2,1-2H3,(H,36,43). The minimum absolute atomic E-state index is 0.135. The number of halogens is 1. The summed E-state index contributed by atoms with van der Waals surface area (Å²) >= 11 is 0. The predicted molar refractivity (Wildman–Crippen MR) is 162 cm³/mol. The molecule has 0 saturated carbocycles. The van der Waals surface area contributed by atoms with Crippen LogP contribution in [0.4, 0.5) is 10.1 Å². The van der Waals surface area contributed by atoms with Crippen LogP contribution in [0.2, 0.25) is 0 Å². The molecule has 0 fully saturated rings. The second-order valence-electron chi connectivity index (χ2n) is 10.4. The van der Waals surface area contributed by atoms with Gasteiger partial charge in [0, 0.05) is 11.9 Å². The van der Waals surface area contributed by atoms with Crippen molar-refractivity contribution in [3.63, 3.8) is 0 Å². The number of amides is 2. The fraction of sp³-hybridized carbons (Fsp3) is 0.152. The lowest BCUT2D eigenvalue weighted by molar-refractivity contribution is -0.127. The van der Waals surface area contributed by atoms with E-state index in [9.17, 15) is 14.0 Å². The maximum Gasteiger partial charge on any atom is 0.251 e. The first-order valence-electron chi connectivity index (χ1n) is 13.9. The minimum Gasteiger partial charge on any atom is -0.458 e. The number of anilines is 1. The molecule has 0 aliphatic rings. The van der Waals surface area contributed by atoms with E-state index in [4.69, 9.17) is 4.42 Å². The number of carbonyl (C=O) groups is 2. The number of nitrogens with zero attached hydrogens (tertiary/aromatic N) is 6. The third kappa shape index (κ3) is 6.21. The van der Waals surface area contributed by atoms with Gasteiger partial charge in [0.25, 0.3) is 5.91 Å². The largest absolute Gasteiger partial charge is 0.458 e. The molecule has 3 heterocycles. The van der Waals surface area contributed by atoms with E-state index in [0.29, 0.717) is 28.3 Å².